The summed E-state index contributed by atoms with van der Waals surface area (Å²) < 4.78 is 15.9. The maximum absolute atomic E-state index is 13.4. The molecule has 7 heteroatoms. The van der Waals surface area contributed by atoms with Crippen molar-refractivity contribution >= 4 is 79.7 Å². The molecule has 0 radical (unpaired) electrons. The molecule has 0 aromatic heterocycles. The van der Waals surface area contributed by atoms with Gasteiger partial charge in [-0.15, -0.1) is 0 Å². The summed E-state index contributed by atoms with van der Waals surface area (Å²) in [6.07, 6.45) is -1.34. The first kappa shape index (κ1) is 25.3. The van der Waals surface area contributed by atoms with Crippen LogP contribution in [0.2, 0.25) is 0 Å². The van der Waals surface area contributed by atoms with Crippen LogP contribution < -0.4 is 0 Å². The maximum Gasteiger partial charge on any atom is 0.338 e. The lowest BCUT2D eigenvalue weighted by Crippen LogP contribution is -2.52. The highest BCUT2D eigenvalue weighted by Crippen LogP contribution is 2.58. The number of rotatable bonds is 4. The Kier molecular flexibility index (Phi) is 7.04. The average molecular weight is 824 g/mol. The van der Waals surface area contributed by atoms with Gasteiger partial charge < -0.3 is 9.47 Å². The van der Waals surface area contributed by atoms with Gasteiger partial charge in [0, 0.05) is 10.7 Å². The summed E-state index contributed by atoms with van der Waals surface area (Å²) in [6.45, 7) is 0. The third-order valence-electron chi connectivity index (χ3n) is 7.02. The van der Waals surface area contributed by atoms with E-state index in [1.807, 2.05) is 42.5 Å². The summed E-state index contributed by atoms with van der Waals surface area (Å²) in [5, 5.41) is 0. The van der Waals surface area contributed by atoms with Gasteiger partial charge in [0.1, 0.15) is 0 Å². The highest BCUT2D eigenvalue weighted by molar-refractivity contribution is 14.1. The zero-order valence-electron chi connectivity index (χ0n) is 19.2. The number of hydrogen-bond acceptors (Lipinski definition) is 4. The van der Waals surface area contributed by atoms with Crippen molar-refractivity contribution in [2.75, 3.05) is 0 Å². The Morgan fingerprint density at radius 1 is 0.514 bits per heavy atom. The van der Waals surface area contributed by atoms with Crippen LogP contribution in [0, 0.1) is 10.7 Å². The van der Waals surface area contributed by atoms with Gasteiger partial charge in [-0.25, -0.2) is 9.59 Å². The molecule has 0 spiro atoms. The predicted octanol–water partition coefficient (Wildman–Crippen LogP) is 7.54. The zero-order valence-corrected chi connectivity index (χ0v) is 25.7. The Labute approximate surface area is 255 Å². The van der Waals surface area contributed by atoms with Crippen LogP contribution in [-0.4, -0.2) is 24.1 Å². The number of halogens is 3. The normalized spacial score (nSPS) is 21.1. The van der Waals surface area contributed by atoms with Crippen LogP contribution >= 0.6 is 67.8 Å². The van der Waals surface area contributed by atoms with Crippen molar-refractivity contribution in [3.05, 3.63) is 135 Å². The molecule has 0 amide bonds. The van der Waals surface area contributed by atoms with Gasteiger partial charge in [-0.3, -0.25) is 0 Å². The van der Waals surface area contributed by atoms with E-state index in [1.54, 1.807) is 24.3 Å². The van der Waals surface area contributed by atoms with E-state index in [2.05, 4.69) is 92.0 Å². The van der Waals surface area contributed by atoms with Crippen LogP contribution in [0.25, 0.3) is 0 Å². The second-order valence-electron chi connectivity index (χ2n) is 9.03. The molecule has 4 nitrogen and oxygen atoms in total. The number of carbonyl (C=O) groups is 2. The molecule has 7 rings (SSSR count). The van der Waals surface area contributed by atoms with E-state index in [0.29, 0.717) is 11.1 Å². The summed E-state index contributed by atoms with van der Waals surface area (Å²) in [6, 6.07) is 28.4. The second kappa shape index (κ2) is 10.3. The second-order valence-corrected chi connectivity index (χ2v) is 12.5. The first-order valence-corrected chi connectivity index (χ1v) is 15.0. The number of benzene rings is 4. The zero-order chi connectivity index (χ0) is 25.7. The molecule has 4 aromatic rings. The fraction of sp³-hybridized carbons (Fsp3) is 0.133. The number of carbonyl (C=O) groups excluding carboxylic acids is 2. The molecular weight excluding hydrogens is 805 g/mol. The quantitative estimate of drug-likeness (QED) is 0.158. The van der Waals surface area contributed by atoms with Crippen molar-refractivity contribution in [1.29, 1.82) is 0 Å². The van der Waals surface area contributed by atoms with E-state index in [0.717, 1.165) is 33.0 Å². The van der Waals surface area contributed by atoms with E-state index in [-0.39, 0.29) is 11.8 Å². The van der Waals surface area contributed by atoms with Gasteiger partial charge in [0.05, 0.1) is 23.0 Å². The minimum Gasteiger partial charge on any atom is -0.454 e. The summed E-state index contributed by atoms with van der Waals surface area (Å²) in [5.41, 5.74) is 5.53. The number of ether oxygens (including phenoxy) is 2. The minimum absolute atomic E-state index is 0.257. The van der Waals surface area contributed by atoms with Gasteiger partial charge in [0.2, 0.25) is 0 Å². The Balaban J connectivity index is 1.53. The number of esters is 2. The Morgan fingerprint density at radius 2 is 0.973 bits per heavy atom. The van der Waals surface area contributed by atoms with Crippen LogP contribution in [0.3, 0.4) is 0 Å². The Hall–Kier alpha value is -1.99. The van der Waals surface area contributed by atoms with E-state index in [4.69, 9.17) is 9.47 Å². The molecule has 3 aliphatic rings. The van der Waals surface area contributed by atoms with Crippen molar-refractivity contribution < 1.29 is 19.1 Å². The van der Waals surface area contributed by atoms with E-state index >= 15 is 0 Å². The molecule has 0 heterocycles. The Morgan fingerprint density at radius 3 is 1.51 bits per heavy atom. The van der Waals surface area contributed by atoms with Gasteiger partial charge in [-0.2, -0.15) is 0 Å². The average Bonchev–Trinajstić information content (AvgIpc) is 2.92. The molecule has 0 saturated carbocycles. The largest absolute Gasteiger partial charge is 0.454 e. The molecule has 37 heavy (non-hydrogen) atoms. The molecule has 3 aliphatic carbocycles. The van der Waals surface area contributed by atoms with Crippen LogP contribution in [0.15, 0.2) is 91.0 Å². The van der Waals surface area contributed by atoms with E-state index in [1.165, 1.54) is 0 Å². The SMILES string of the molecule is O=C(OC1C(OC(=O)c2ccccc2)[C@H]2c3cccc(I)c3[C@H]1c1c(I)ccc(I)c12)c1ccccc1. The highest BCUT2D eigenvalue weighted by atomic mass is 127. The third kappa shape index (κ3) is 4.40. The first-order valence-electron chi connectivity index (χ1n) is 11.7. The fourth-order valence-electron chi connectivity index (χ4n) is 5.52. The lowest BCUT2D eigenvalue weighted by Gasteiger charge is -2.50. The summed E-state index contributed by atoms with van der Waals surface area (Å²) in [4.78, 5) is 26.7. The summed E-state index contributed by atoms with van der Waals surface area (Å²) in [5.74, 6) is -1.36. The molecule has 2 bridgehead atoms. The monoisotopic (exact) mass is 824 g/mol. The molecule has 0 saturated heterocycles. The van der Waals surface area contributed by atoms with Crippen molar-refractivity contribution in [3.8, 4) is 0 Å². The van der Waals surface area contributed by atoms with Crippen LogP contribution in [0.1, 0.15) is 54.8 Å². The molecule has 2 unspecified atom stereocenters. The van der Waals surface area contributed by atoms with E-state index < -0.39 is 24.1 Å². The van der Waals surface area contributed by atoms with Crippen LogP contribution in [0.5, 0.6) is 0 Å². The minimum atomic E-state index is -0.673. The van der Waals surface area contributed by atoms with Crippen LogP contribution in [0.4, 0.5) is 0 Å². The molecule has 184 valence electrons. The van der Waals surface area contributed by atoms with Crippen molar-refractivity contribution in [1.82, 2.24) is 0 Å². The molecule has 4 aromatic carbocycles. The summed E-state index contributed by atoms with van der Waals surface area (Å²) >= 11 is 7.11. The van der Waals surface area contributed by atoms with Crippen molar-refractivity contribution in [2.24, 2.45) is 0 Å². The molecule has 4 atom stereocenters. The topological polar surface area (TPSA) is 52.6 Å². The first-order chi connectivity index (χ1) is 18.0. The lowest BCUT2D eigenvalue weighted by molar-refractivity contribution is -0.0561. The molecule has 0 N–H and O–H groups in total. The van der Waals surface area contributed by atoms with Gasteiger partial charge >= 0.3 is 11.9 Å². The Bertz CT molecular complexity index is 1520. The third-order valence-corrected chi connectivity index (χ3v) is 9.84. The van der Waals surface area contributed by atoms with Crippen molar-refractivity contribution in [2.45, 2.75) is 24.0 Å². The van der Waals surface area contributed by atoms with Gasteiger partial charge in [0.25, 0.3) is 0 Å². The summed E-state index contributed by atoms with van der Waals surface area (Å²) in [7, 11) is 0. The molecule has 0 fully saturated rings. The van der Waals surface area contributed by atoms with Crippen molar-refractivity contribution in [3.63, 3.8) is 0 Å². The highest BCUT2D eigenvalue weighted by Gasteiger charge is 2.55. The molecular formula is C30H19I3O4. The predicted molar refractivity (Wildman–Crippen MR) is 166 cm³/mol. The standard InChI is InChI=1S/C30H19I3O4/c31-19-13-7-12-18-22(19)26-25-21(33)15-14-20(32)24(25)23(18)27(36-29(34)16-8-3-1-4-9-16)28(26)37-30(35)17-10-5-2-6-11-17/h1-15,23,26-28H/t23-,26-,27?,28?/m0/s1. The van der Waals surface area contributed by atoms with Gasteiger partial charge in [-0.1, -0.05) is 48.5 Å². The lowest BCUT2D eigenvalue weighted by atomic mass is 9.61. The van der Waals surface area contributed by atoms with Crippen LogP contribution in [-0.2, 0) is 9.47 Å². The smallest absolute Gasteiger partial charge is 0.338 e. The molecule has 0 aliphatic heterocycles. The van der Waals surface area contributed by atoms with E-state index in [9.17, 15) is 9.59 Å². The number of fused-ring (bicyclic) bond motifs is 1. The maximum atomic E-state index is 13.4. The van der Waals surface area contributed by atoms with Gasteiger partial charge in [-0.05, 0) is 132 Å². The fourth-order valence-corrected chi connectivity index (χ4v) is 7.99. The van der Waals surface area contributed by atoms with Gasteiger partial charge in [0.15, 0.2) is 12.2 Å². The number of hydrogen-bond donors (Lipinski definition) is 0.